The highest BCUT2D eigenvalue weighted by molar-refractivity contribution is 5.59. The normalized spacial score (nSPS) is 10.9. The number of hydrogen-bond donors (Lipinski definition) is 1. The summed E-state index contributed by atoms with van der Waals surface area (Å²) in [5.74, 6) is 1.26. The highest BCUT2D eigenvalue weighted by Gasteiger charge is 2.18. The van der Waals surface area contributed by atoms with Crippen LogP contribution in [0.2, 0.25) is 0 Å². The highest BCUT2D eigenvalue weighted by atomic mass is 15.0. The molecule has 0 aliphatic carbocycles. The molecule has 1 aromatic heterocycles. The zero-order chi connectivity index (χ0) is 16.9. The van der Waals surface area contributed by atoms with E-state index in [2.05, 4.69) is 55.0 Å². The minimum absolute atomic E-state index is 0.196. The quantitative estimate of drug-likeness (QED) is 0.862. The van der Waals surface area contributed by atoms with Crippen molar-refractivity contribution < 1.29 is 0 Å². The molecule has 0 spiro atoms. The zero-order valence-electron chi connectivity index (χ0n) is 15.0. The van der Waals surface area contributed by atoms with E-state index >= 15 is 0 Å². The number of aromatic nitrogens is 2. The first-order chi connectivity index (χ1) is 10.3. The van der Waals surface area contributed by atoms with Crippen LogP contribution < -0.4 is 5.73 Å². The molecule has 2 N–H and O–H groups in total. The van der Waals surface area contributed by atoms with Gasteiger partial charge >= 0.3 is 0 Å². The van der Waals surface area contributed by atoms with E-state index in [0.29, 0.717) is 11.6 Å². The average molecular weight is 299 g/mol. The third-order valence-corrected chi connectivity index (χ3v) is 4.24. The number of aryl methyl sites for hydroxylation is 1. The predicted molar refractivity (Wildman–Crippen MR) is 96.0 cm³/mol. The summed E-state index contributed by atoms with van der Waals surface area (Å²) in [6, 6.07) is 8.48. The van der Waals surface area contributed by atoms with Gasteiger partial charge in [-0.3, -0.25) is 0 Å². The van der Waals surface area contributed by atoms with Gasteiger partial charge in [-0.15, -0.1) is 0 Å². The lowest BCUT2D eigenvalue weighted by molar-refractivity contribution is 0.506. The van der Waals surface area contributed by atoms with Crippen molar-refractivity contribution >= 4 is 5.82 Å². The van der Waals surface area contributed by atoms with E-state index in [1.807, 2.05) is 27.7 Å². The maximum absolute atomic E-state index is 5.93. The molecule has 1 aromatic carbocycles. The number of benzene rings is 1. The van der Waals surface area contributed by atoms with Crippen LogP contribution in [-0.4, -0.2) is 9.97 Å². The summed E-state index contributed by atoms with van der Waals surface area (Å²) in [6.07, 6.45) is 1.11. The molecule has 3 nitrogen and oxygen atoms in total. The first kappa shape index (κ1) is 18.1. The van der Waals surface area contributed by atoms with Gasteiger partial charge in [-0.05, 0) is 31.2 Å². The maximum Gasteiger partial charge on any atom is 0.161 e. The van der Waals surface area contributed by atoms with Crippen molar-refractivity contribution in [1.82, 2.24) is 9.97 Å². The minimum atomic E-state index is 0.196. The monoisotopic (exact) mass is 299 g/mol. The Morgan fingerprint density at radius 3 is 2.00 bits per heavy atom. The van der Waals surface area contributed by atoms with Gasteiger partial charge in [0.15, 0.2) is 5.82 Å². The molecule has 0 saturated carbocycles. The molecule has 0 saturated heterocycles. The summed E-state index contributed by atoms with van der Waals surface area (Å²) in [7, 11) is 0. The third-order valence-electron chi connectivity index (χ3n) is 4.24. The summed E-state index contributed by atoms with van der Waals surface area (Å²) in [6.45, 7) is 14.6. The summed E-state index contributed by atoms with van der Waals surface area (Å²) in [4.78, 5) is 8.91. The van der Waals surface area contributed by atoms with Gasteiger partial charge in [-0.2, -0.15) is 0 Å². The van der Waals surface area contributed by atoms with E-state index in [4.69, 9.17) is 5.73 Å². The van der Waals surface area contributed by atoms with E-state index in [1.54, 1.807) is 0 Å². The van der Waals surface area contributed by atoms with E-state index in [9.17, 15) is 0 Å². The predicted octanol–water partition coefficient (Wildman–Crippen LogP) is 5.06. The molecule has 0 amide bonds. The van der Waals surface area contributed by atoms with Crippen LogP contribution in [0.1, 0.15) is 57.9 Å². The molecule has 0 radical (unpaired) electrons. The van der Waals surface area contributed by atoms with Crippen LogP contribution in [0.5, 0.6) is 0 Å². The second kappa shape index (κ2) is 7.39. The first-order valence-electron chi connectivity index (χ1n) is 8.07. The molecule has 0 atom stereocenters. The van der Waals surface area contributed by atoms with Crippen molar-refractivity contribution in [2.24, 2.45) is 0 Å². The van der Waals surface area contributed by atoms with Crippen molar-refractivity contribution in [3.63, 3.8) is 0 Å². The van der Waals surface area contributed by atoms with Gasteiger partial charge in [0, 0.05) is 16.8 Å². The van der Waals surface area contributed by atoms with Crippen molar-refractivity contribution in [2.45, 2.75) is 60.3 Å². The summed E-state index contributed by atoms with van der Waals surface area (Å²) in [5, 5.41) is 0. The van der Waals surface area contributed by atoms with E-state index < -0.39 is 0 Å². The fourth-order valence-electron chi connectivity index (χ4n) is 2.05. The van der Waals surface area contributed by atoms with Crippen molar-refractivity contribution in [2.75, 3.05) is 5.73 Å². The van der Waals surface area contributed by atoms with Crippen LogP contribution in [0.4, 0.5) is 5.82 Å². The molecular formula is C19H29N3. The van der Waals surface area contributed by atoms with Crippen LogP contribution in [-0.2, 0) is 5.41 Å². The zero-order valence-corrected chi connectivity index (χ0v) is 15.0. The van der Waals surface area contributed by atoms with Crippen molar-refractivity contribution in [3.8, 4) is 11.4 Å². The number of nitrogen functional groups attached to an aromatic ring is 1. The average Bonchev–Trinajstić information content (AvgIpc) is 2.54. The molecule has 2 aromatic rings. The molecule has 0 aliphatic heterocycles. The van der Waals surface area contributed by atoms with Gasteiger partial charge in [-0.25, -0.2) is 9.97 Å². The van der Waals surface area contributed by atoms with Crippen LogP contribution in [0.25, 0.3) is 11.4 Å². The summed E-state index contributed by atoms with van der Waals surface area (Å²) >= 11 is 0. The lowest BCUT2D eigenvalue weighted by atomic mass is 9.82. The van der Waals surface area contributed by atoms with E-state index in [-0.39, 0.29) is 5.41 Å². The van der Waals surface area contributed by atoms with Gasteiger partial charge < -0.3 is 5.73 Å². The van der Waals surface area contributed by atoms with E-state index in [0.717, 1.165) is 23.2 Å². The minimum Gasteiger partial charge on any atom is -0.383 e. The Labute approximate surface area is 135 Å². The van der Waals surface area contributed by atoms with Gasteiger partial charge in [0.25, 0.3) is 0 Å². The Morgan fingerprint density at radius 1 is 1.00 bits per heavy atom. The number of hydrogen-bond acceptors (Lipinski definition) is 3. The van der Waals surface area contributed by atoms with Crippen molar-refractivity contribution in [1.29, 1.82) is 0 Å². The Hall–Kier alpha value is -1.90. The van der Waals surface area contributed by atoms with Crippen LogP contribution in [0.3, 0.4) is 0 Å². The van der Waals surface area contributed by atoms with Crippen LogP contribution >= 0.6 is 0 Å². The molecule has 3 heteroatoms. The summed E-state index contributed by atoms with van der Waals surface area (Å²) in [5.41, 5.74) is 10.4. The van der Waals surface area contributed by atoms with E-state index in [1.165, 1.54) is 5.56 Å². The van der Waals surface area contributed by atoms with Crippen LogP contribution in [0, 0.1) is 13.8 Å². The molecular weight excluding hydrogens is 270 g/mol. The third kappa shape index (κ3) is 3.85. The largest absolute Gasteiger partial charge is 0.383 e. The lowest BCUT2D eigenvalue weighted by Crippen LogP contribution is -2.15. The number of anilines is 1. The topological polar surface area (TPSA) is 51.8 Å². The van der Waals surface area contributed by atoms with Gasteiger partial charge in [0.2, 0.25) is 0 Å². The molecule has 0 aliphatic rings. The SMILES string of the molecule is CC.CCC(C)(C)c1ccc(-c2nc(C)c(C)c(N)n2)cc1. The molecule has 120 valence electrons. The Morgan fingerprint density at radius 2 is 1.55 bits per heavy atom. The lowest BCUT2D eigenvalue weighted by Gasteiger charge is -2.23. The molecule has 1 heterocycles. The fraction of sp³-hybridized carbons (Fsp3) is 0.474. The number of nitrogens with two attached hydrogens (primary N) is 1. The fourth-order valence-corrected chi connectivity index (χ4v) is 2.05. The van der Waals surface area contributed by atoms with Gasteiger partial charge in [0.1, 0.15) is 5.82 Å². The Bertz CT molecular complexity index is 590. The first-order valence-corrected chi connectivity index (χ1v) is 8.07. The number of nitrogens with zero attached hydrogens (tertiary/aromatic N) is 2. The smallest absolute Gasteiger partial charge is 0.161 e. The highest BCUT2D eigenvalue weighted by Crippen LogP contribution is 2.28. The summed E-state index contributed by atoms with van der Waals surface area (Å²) < 4.78 is 0. The molecule has 0 unspecified atom stereocenters. The molecule has 22 heavy (non-hydrogen) atoms. The second-order valence-corrected chi connectivity index (χ2v) is 5.96. The molecule has 0 bridgehead atoms. The maximum atomic E-state index is 5.93. The standard InChI is InChI=1S/C17H23N3.C2H6/c1-6-17(4,5)14-9-7-13(8-10-14)16-19-12(3)11(2)15(18)20-16;1-2/h7-10H,6H2,1-5H3,(H2,18,19,20);1-2H3. The molecule has 2 rings (SSSR count). The Kier molecular flexibility index (Phi) is 6.10. The van der Waals surface area contributed by atoms with Gasteiger partial charge in [-0.1, -0.05) is 58.9 Å². The Balaban J connectivity index is 0.00000116. The number of rotatable bonds is 3. The second-order valence-electron chi connectivity index (χ2n) is 5.96. The van der Waals surface area contributed by atoms with Gasteiger partial charge in [0.05, 0.1) is 0 Å². The van der Waals surface area contributed by atoms with Crippen LogP contribution in [0.15, 0.2) is 24.3 Å². The molecule has 0 fully saturated rings. The van der Waals surface area contributed by atoms with Crippen molar-refractivity contribution in [3.05, 3.63) is 41.1 Å².